The molecular formula is C28H24N2O2. The Morgan fingerprint density at radius 3 is 1.38 bits per heavy atom. The van der Waals surface area contributed by atoms with Gasteiger partial charge in [-0.15, -0.1) is 0 Å². The molecule has 2 N–H and O–H groups in total. The van der Waals surface area contributed by atoms with Crippen molar-refractivity contribution >= 4 is 43.6 Å². The molecule has 0 atom stereocenters. The second-order valence-corrected chi connectivity index (χ2v) is 8.39. The minimum Gasteiger partial charge on any atom is -0.494 e. The van der Waals surface area contributed by atoms with Crippen LogP contribution in [-0.2, 0) is 0 Å². The number of nitrogens with one attached hydrogen (secondary N) is 2. The lowest BCUT2D eigenvalue weighted by molar-refractivity contribution is 0.414. The average Bonchev–Trinajstić information content (AvgIpc) is 3.36. The SMILES string of the molecule is COc1c(-c2c(C)cc3c([nH]c4ccccc43)c2OC)c(C)cc2c1[nH]c1ccccc12. The van der Waals surface area contributed by atoms with E-state index in [1.165, 1.54) is 21.5 Å². The van der Waals surface area contributed by atoms with Crippen molar-refractivity contribution in [1.82, 2.24) is 9.97 Å². The topological polar surface area (TPSA) is 50.0 Å². The molecular weight excluding hydrogens is 396 g/mol. The Morgan fingerprint density at radius 1 is 0.562 bits per heavy atom. The molecule has 0 bridgehead atoms. The van der Waals surface area contributed by atoms with Crippen LogP contribution in [0.25, 0.3) is 54.7 Å². The maximum atomic E-state index is 6.05. The number of aryl methyl sites for hydroxylation is 2. The maximum absolute atomic E-state index is 6.05. The van der Waals surface area contributed by atoms with Crippen molar-refractivity contribution in [2.45, 2.75) is 13.8 Å². The zero-order chi connectivity index (χ0) is 22.0. The number of hydrogen-bond donors (Lipinski definition) is 2. The van der Waals surface area contributed by atoms with Crippen molar-refractivity contribution in [2.24, 2.45) is 0 Å². The summed E-state index contributed by atoms with van der Waals surface area (Å²) in [5, 5.41) is 4.74. The smallest absolute Gasteiger partial charge is 0.151 e. The maximum Gasteiger partial charge on any atom is 0.151 e. The Kier molecular flexibility index (Phi) is 3.99. The van der Waals surface area contributed by atoms with Crippen LogP contribution in [0.15, 0.2) is 60.7 Å². The van der Waals surface area contributed by atoms with Crippen molar-refractivity contribution in [2.75, 3.05) is 14.2 Å². The number of rotatable bonds is 3. The number of H-pyrrole nitrogens is 2. The first-order chi connectivity index (χ1) is 15.6. The van der Waals surface area contributed by atoms with Crippen LogP contribution in [0, 0.1) is 13.8 Å². The van der Waals surface area contributed by atoms with Gasteiger partial charge in [-0.1, -0.05) is 36.4 Å². The van der Waals surface area contributed by atoms with E-state index >= 15 is 0 Å². The molecule has 0 aliphatic heterocycles. The molecule has 0 spiro atoms. The van der Waals surface area contributed by atoms with Crippen LogP contribution in [0.5, 0.6) is 11.5 Å². The van der Waals surface area contributed by atoms with Gasteiger partial charge in [0.25, 0.3) is 0 Å². The van der Waals surface area contributed by atoms with Crippen molar-refractivity contribution in [3.63, 3.8) is 0 Å². The summed E-state index contributed by atoms with van der Waals surface area (Å²) in [7, 11) is 3.49. The highest BCUT2D eigenvalue weighted by molar-refractivity contribution is 6.15. The summed E-state index contributed by atoms with van der Waals surface area (Å²) in [4.78, 5) is 7.15. The minimum absolute atomic E-state index is 0.841. The highest BCUT2D eigenvalue weighted by Gasteiger charge is 2.24. The van der Waals surface area contributed by atoms with Crippen LogP contribution >= 0.6 is 0 Å². The zero-order valence-electron chi connectivity index (χ0n) is 18.6. The quantitative estimate of drug-likeness (QED) is 0.317. The van der Waals surface area contributed by atoms with Gasteiger partial charge in [0, 0.05) is 43.7 Å². The molecule has 4 aromatic carbocycles. The van der Waals surface area contributed by atoms with Gasteiger partial charge in [-0.3, -0.25) is 0 Å². The number of ether oxygens (including phenoxy) is 2. The van der Waals surface area contributed by atoms with E-state index in [1.54, 1.807) is 14.2 Å². The van der Waals surface area contributed by atoms with E-state index in [9.17, 15) is 0 Å². The standard InChI is InChI=1S/C28H24N2O2/c1-15-13-19-17-9-5-7-11-21(17)29-25(19)27(31-3)23(15)24-16(2)14-20-18-10-6-8-12-22(18)30-26(20)28(24)32-4/h5-14,29-30H,1-4H3. The Balaban J connectivity index is 1.76. The van der Waals surface area contributed by atoms with E-state index in [2.05, 4.69) is 84.5 Å². The molecule has 0 aliphatic rings. The summed E-state index contributed by atoms with van der Waals surface area (Å²) in [5.74, 6) is 1.68. The second-order valence-electron chi connectivity index (χ2n) is 8.39. The van der Waals surface area contributed by atoms with E-state index < -0.39 is 0 Å². The van der Waals surface area contributed by atoms with Gasteiger partial charge in [-0.05, 0) is 49.2 Å². The highest BCUT2D eigenvalue weighted by atomic mass is 16.5. The summed E-state index contributed by atoms with van der Waals surface area (Å²) < 4.78 is 12.1. The third kappa shape index (κ3) is 2.43. The molecule has 0 fully saturated rings. The first-order valence-corrected chi connectivity index (χ1v) is 10.8. The van der Waals surface area contributed by atoms with Crippen LogP contribution in [0.3, 0.4) is 0 Å². The minimum atomic E-state index is 0.841. The van der Waals surface area contributed by atoms with Gasteiger partial charge < -0.3 is 19.4 Å². The van der Waals surface area contributed by atoms with Gasteiger partial charge >= 0.3 is 0 Å². The Morgan fingerprint density at radius 2 is 0.969 bits per heavy atom. The van der Waals surface area contributed by atoms with Crippen LogP contribution in [0.1, 0.15) is 11.1 Å². The van der Waals surface area contributed by atoms with Crippen LogP contribution in [0.4, 0.5) is 0 Å². The lowest BCUT2D eigenvalue weighted by atomic mass is 9.91. The molecule has 6 rings (SSSR count). The number of fused-ring (bicyclic) bond motifs is 6. The molecule has 0 saturated heterocycles. The molecule has 0 saturated carbocycles. The molecule has 2 heterocycles. The van der Waals surface area contributed by atoms with Crippen molar-refractivity contribution in [3.05, 3.63) is 71.8 Å². The molecule has 6 aromatic rings. The van der Waals surface area contributed by atoms with Crippen molar-refractivity contribution in [3.8, 4) is 22.6 Å². The summed E-state index contributed by atoms with van der Waals surface area (Å²) in [6.45, 7) is 4.29. The van der Waals surface area contributed by atoms with Gasteiger partial charge in [0.2, 0.25) is 0 Å². The van der Waals surface area contributed by atoms with Gasteiger partial charge in [0.1, 0.15) is 0 Å². The highest BCUT2D eigenvalue weighted by Crippen LogP contribution is 2.48. The van der Waals surface area contributed by atoms with E-state index in [4.69, 9.17) is 9.47 Å². The van der Waals surface area contributed by atoms with E-state index in [0.717, 1.165) is 55.8 Å². The van der Waals surface area contributed by atoms with Gasteiger partial charge in [0.15, 0.2) is 11.5 Å². The first kappa shape index (κ1) is 18.8. The van der Waals surface area contributed by atoms with E-state index in [1.807, 2.05) is 0 Å². The molecule has 158 valence electrons. The van der Waals surface area contributed by atoms with Crippen LogP contribution < -0.4 is 9.47 Å². The molecule has 4 nitrogen and oxygen atoms in total. The number of aromatic amines is 2. The largest absolute Gasteiger partial charge is 0.494 e. The van der Waals surface area contributed by atoms with E-state index in [-0.39, 0.29) is 0 Å². The fourth-order valence-electron chi connectivity index (χ4n) is 5.20. The molecule has 0 unspecified atom stereocenters. The van der Waals surface area contributed by atoms with Crippen molar-refractivity contribution in [1.29, 1.82) is 0 Å². The van der Waals surface area contributed by atoms with Crippen molar-refractivity contribution < 1.29 is 9.47 Å². The number of benzene rings is 4. The van der Waals surface area contributed by atoms with Gasteiger partial charge in [-0.2, -0.15) is 0 Å². The zero-order valence-corrected chi connectivity index (χ0v) is 18.6. The third-order valence-electron chi connectivity index (χ3n) is 6.57. The summed E-state index contributed by atoms with van der Waals surface area (Å²) in [6.07, 6.45) is 0. The van der Waals surface area contributed by atoms with Gasteiger partial charge in [0.05, 0.1) is 25.3 Å². The predicted molar refractivity (Wildman–Crippen MR) is 133 cm³/mol. The fraction of sp³-hybridized carbons (Fsp3) is 0.143. The normalized spacial score (nSPS) is 11.8. The predicted octanol–water partition coefficient (Wildman–Crippen LogP) is 7.26. The monoisotopic (exact) mass is 420 g/mol. The molecule has 0 amide bonds. The number of methoxy groups -OCH3 is 2. The molecule has 0 radical (unpaired) electrons. The van der Waals surface area contributed by atoms with Gasteiger partial charge in [-0.25, -0.2) is 0 Å². The van der Waals surface area contributed by atoms with Crippen LogP contribution in [-0.4, -0.2) is 24.2 Å². The number of aromatic nitrogens is 2. The Hall–Kier alpha value is -3.92. The first-order valence-electron chi connectivity index (χ1n) is 10.8. The summed E-state index contributed by atoms with van der Waals surface area (Å²) in [5.41, 5.74) is 8.63. The average molecular weight is 421 g/mol. The lowest BCUT2D eigenvalue weighted by Gasteiger charge is -2.19. The second kappa shape index (κ2) is 6.79. The van der Waals surface area contributed by atoms with Crippen LogP contribution in [0.2, 0.25) is 0 Å². The number of hydrogen-bond acceptors (Lipinski definition) is 2. The summed E-state index contributed by atoms with van der Waals surface area (Å²) in [6, 6.07) is 21.2. The molecule has 32 heavy (non-hydrogen) atoms. The van der Waals surface area contributed by atoms with E-state index in [0.29, 0.717) is 0 Å². The Labute approximate surface area is 185 Å². The fourth-order valence-corrected chi connectivity index (χ4v) is 5.20. The third-order valence-corrected chi connectivity index (χ3v) is 6.57. The summed E-state index contributed by atoms with van der Waals surface area (Å²) >= 11 is 0. The molecule has 0 aliphatic carbocycles. The Bertz CT molecular complexity index is 1540. The molecule has 2 aromatic heterocycles. The molecule has 4 heteroatoms. The lowest BCUT2D eigenvalue weighted by Crippen LogP contribution is -1.98. The number of para-hydroxylation sites is 2.